The van der Waals surface area contributed by atoms with Crippen LogP contribution in [0, 0.1) is 11.3 Å². The Morgan fingerprint density at radius 2 is 1.93 bits per heavy atom. The molecule has 0 radical (unpaired) electrons. The van der Waals surface area contributed by atoms with Gasteiger partial charge in [-0.3, -0.25) is 0 Å². The van der Waals surface area contributed by atoms with E-state index in [0.29, 0.717) is 12.8 Å². The van der Waals surface area contributed by atoms with Crippen molar-refractivity contribution in [2.45, 2.75) is 51.7 Å². The van der Waals surface area contributed by atoms with Crippen LogP contribution in [0.3, 0.4) is 0 Å². The largest absolute Gasteiger partial charge is 0.403 e. The van der Waals surface area contributed by atoms with E-state index in [-0.39, 0.29) is 5.41 Å². The maximum atomic E-state index is 12.4. The fourth-order valence-corrected chi connectivity index (χ4v) is 2.33. The molecule has 0 aromatic rings. The number of alkyl halides is 3. The third-order valence-electron chi connectivity index (χ3n) is 3.13. The zero-order valence-corrected chi connectivity index (χ0v) is 8.69. The van der Waals surface area contributed by atoms with Crippen LogP contribution in [0.15, 0.2) is 0 Å². The lowest BCUT2D eigenvalue weighted by Gasteiger charge is -2.38. The fourth-order valence-electron chi connectivity index (χ4n) is 2.33. The van der Waals surface area contributed by atoms with Crippen LogP contribution in [0.4, 0.5) is 13.2 Å². The second-order valence-electron chi connectivity index (χ2n) is 5.09. The number of hydrogen-bond acceptors (Lipinski definition) is 1. The summed E-state index contributed by atoms with van der Waals surface area (Å²) in [5, 5.41) is 0. The van der Waals surface area contributed by atoms with E-state index in [1.165, 1.54) is 0 Å². The highest BCUT2D eigenvalue weighted by atomic mass is 19.4. The molecule has 4 heteroatoms. The van der Waals surface area contributed by atoms with Crippen LogP contribution < -0.4 is 5.73 Å². The summed E-state index contributed by atoms with van der Waals surface area (Å²) in [6.07, 6.45) is -1.16. The Kier molecular flexibility index (Phi) is 3.14. The number of hydrogen-bond donors (Lipinski definition) is 1. The molecular formula is C10H18F3N. The summed E-state index contributed by atoms with van der Waals surface area (Å²) in [6.45, 7) is 4.03. The second kappa shape index (κ2) is 3.72. The molecule has 0 heterocycles. The Bertz CT molecular complexity index is 195. The molecule has 1 aliphatic carbocycles. The van der Waals surface area contributed by atoms with Gasteiger partial charge in [-0.25, -0.2) is 0 Å². The lowest BCUT2D eigenvalue weighted by atomic mass is 9.70. The molecule has 1 fully saturated rings. The fraction of sp³-hybridized carbons (Fsp3) is 1.00. The minimum absolute atomic E-state index is 0.0196. The summed E-state index contributed by atoms with van der Waals surface area (Å²) in [4.78, 5) is 0. The molecule has 2 N–H and O–H groups in total. The van der Waals surface area contributed by atoms with Gasteiger partial charge in [0, 0.05) is 0 Å². The maximum Gasteiger partial charge on any atom is 0.403 e. The van der Waals surface area contributed by atoms with Gasteiger partial charge in [-0.15, -0.1) is 0 Å². The van der Waals surface area contributed by atoms with Gasteiger partial charge < -0.3 is 5.73 Å². The molecule has 84 valence electrons. The Morgan fingerprint density at radius 1 is 1.36 bits per heavy atom. The summed E-state index contributed by atoms with van der Waals surface area (Å²) in [5.41, 5.74) is 5.24. The molecule has 1 saturated carbocycles. The molecule has 0 amide bonds. The SMILES string of the molecule is CC1(C)CCCC(C(N)C(F)(F)F)C1. The van der Waals surface area contributed by atoms with E-state index >= 15 is 0 Å². The quantitative estimate of drug-likeness (QED) is 0.705. The van der Waals surface area contributed by atoms with E-state index in [0.717, 1.165) is 12.8 Å². The van der Waals surface area contributed by atoms with Crippen molar-refractivity contribution in [2.24, 2.45) is 17.1 Å². The average Bonchev–Trinajstić information content (AvgIpc) is 1.99. The van der Waals surface area contributed by atoms with Crippen LogP contribution in [0.25, 0.3) is 0 Å². The third-order valence-corrected chi connectivity index (χ3v) is 3.13. The highest BCUT2D eigenvalue weighted by molar-refractivity contribution is 4.87. The summed E-state index contributed by atoms with van der Waals surface area (Å²) in [7, 11) is 0. The van der Waals surface area contributed by atoms with Crippen molar-refractivity contribution in [3.63, 3.8) is 0 Å². The van der Waals surface area contributed by atoms with Crippen LogP contribution in [0.1, 0.15) is 39.5 Å². The minimum Gasteiger partial charge on any atom is -0.320 e. The van der Waals surface area contributed by atoms with Crippen LogP contribution in [-0.4, -0.2) is 12.2 Å². The van der Waals surface area contributed by atoms with Crippen LogP contribution in [0.2, 0.25) is 0 Å². The standard InChI is InChI=1S/C10H18F3N/c1-9(2)5-3-4-7(6-9)8(14)10(11,12)13/h7-8H,3-6,14H2,1-2H3. The van der Waals surface area contributed by atoms with Gasteiger partial charge >= 0.3 is 6.18 Å². The highest BCUT2D eigenvalue weighted by Gasteiger charge is 2.44. The van der Waals surface area contributed by atoms with Gasteiger partial charge in [0.2, 0.25) is 0 Å². The Labute approximate surface area is 82.9 Å². The molecule has 1 nitrogen and oxygen atoms in total. The molecule has 0 bridgehead atoms. The van der Waals surface area contributed by atoms with Gasteiger partial charge in [0.05, 0.1) is 0 Å². The van der Waals surface area contributed by atoms with Crippen molar-refractivity contribution in [2.75, 3.05) is 0 Å². The maximum absolute atomic E-state index is 12.4. The predicted octanol–water partition coefficient (Wildman–Crippen LogP) is 3.09. The van der Waals surface area contributed by atoms with E-state index in [1.54, 1.807) is 0 Å². The summed E-state index contributed by atoms with van der Waals surface area (Å²) in [6, 6.07) is -1.64. The summed E-state index contributed by atoms with van der Waals surface area (Å²) in [5.74, 6) is -0.390. The lowest BCUT2D eigenvalue weighted by Crippen LogP contribution is -2.46. The van der Waals surface area contributed by atoms with Crippen molar-refractivity contribution >= 4 is 0 Å². The molecule has 14 heavy (non-hydrogen) atoms. The van der Waals surface area contributed by atoms with E-state index in [9.17, 15) is 13.2 Å². The van der Waals surface area contributed by atoms with Crippen molar-refractivity contribution in [1.29, 1.82) is 0 Å². The molecule has 2 atom stereocenters. The van der Waals surface area contributed by atoms with Crippen LogP contribution in [-0.2, 0) is 0 Å². The third kappa shape index (κ3) is 2.87. The van der Waals surface area contributed by atoms with Crippen molar-refractivity contribution in [3.05, 3.63) is 0 Å². The summed E-state index contributed by atoms with van der Waals surface area (Å²) < 4.78 is 37.1. The number of halogens is 3. The number of rotatable bonds is 1. The van der Waals surface area contributed by atoms with Crippen molar-refractivity contribution in [3.8, 4) is 0 Å². The normalized spacial score (nSPS) is 30.0. The van der Waals surface area contributed by atoms with E-state index in [4.69, 9.17) is 5.73 Å². The summed E-state index contributed by atoms with van der Waals surface area (Å²) >= 11 is 0. The minimum atomic E-state index is -4.24. The van der Waals surface area contributed by atoms with Crippen LogP contribution >= 0.6 is 0 Å². The first-order valence-electron chi connectivity index (χ1n) is 5.05. The van der Waals surface area contributed by atoms with Gasteiger partial charge in [0.25, 0.3) is 0 Å². The molecule has 1 rings (SSSR count). The van der Waals surface area contributed by atoms with E-state index in [2.05, 4.69) is 0 Å². The van der Waals surface area contributed by atoms with Gasteiger partial charge in [0.15, 0.2) is 0 Å². The molecule has 0 aromatic heterocycles. The Morgan fingerprint density at radius 3 is 2.36 bits per heavy atom. The molecule has 0 aliphatic heterocycles. The Hall–Kier alpha value is -0.250. The van der Waals surface area contributed by atoms with Gasteiger partial charge in [-0.1, -0.05) is 20.3 Å². The van der Waals surface area contributed by atoms with Gasteiger partial charge in [0.1, 0.15) is 6.04 Å². The smallest absolute Gasteiger partial charge is 0.320 e. The average molecular weight is 209 g/mol. The highest BCUT2D eigenvalue weighted by Crippen LogP contribution is 2.42. The van der Waals surface area contributed by atoms with E-state index in [1.807, 2.05) is 13.8 Å². The molecule has 2 unspecified atom stereocenters. The van der Waals surface area contributed by atoms with Gasteiger partial charge in [-0.2, -0.15) is 13.2 Å². The first-order chi connectivity index (χ1) is 6.22. The Balaban J connectivity index is 2.61. The van der Waals surface area contributed by atoms with Crippen LogP contribution in [0.5, 0.6) is 0 Å². The lowest BCUT2D eigenvalue weighted by molar-refractivity contribution is -0.163. The second-order valence-corrected chi connectivity index (χ2v) is 5.09. The molecule has 0 saturated heterocycles. The predicted molar refractivity (Wildman–Crippen MR) is 49.8 cm³/mol. The number of nitrogens with two attached hydrogens (primary N) is 1. The topological polar surface area (TPSA) is 26.0 Å². The monoisotopic (exact) mass is 209 g/mol. The van der Waals surface area contributed by atoms with Crippen molar-refractivity contribution < 1.29 is 13.2 Å². The van der Waals surface area contributed by atoms with E-state index < -0.39 is 18.1 Å². The zero-order chi connectivity index (χ0) is 11.0. The molecule has 0 aromatic carbocycles. The molecule has 1 aliphatic rings. The zero-order valence-electron chi connectivity index (χ0n) is 8.69. The first kappa shape index (κ1) is 11.8. The molecular weight excluding hydrogens is 191 g/mol. The van der Waals surface area contributed by atoms with Crippen molar-refractivity contribution in [1.82, 2.24) is 0 Å². The molecule has 0 spiro atoms. The first-order valence-corrected chi connectivity index (χ1v) is 5.05. The van der Waals surface area contributed by atoms with Gasteiger partial charge in [-0.05, 0) is 30.6 Å².